The third kappa shape index (κ3) is 17.9. The number of hydrogen-bond donors (Lipinski definition) is 4. The van der Waals surface area contributed by atoms with Crippen molar-refractivity contribution in [1.82, 2.24) is 0 Å². The Morgan fingerprint density at radius 3 is 1.09 bits per heavy atom. The first-order valence-corrected chi connectivity index (χ1v) is 5.59. The maximum absolute atomic E-state index is 9.63. The van der Waals surface area contributed by atoms with E-state index in [4.69, 9.17) is 19.6 Å². The van der Waals surface area contributed by atoms with E-state index in [0.29, 0.717) is 0 Å². The van der Waals surface area contributed by atoms with Gasteiger partial charge < -0.3 is 19.6 Å². The van der Waals surface area contributed by atoms with Crippen molar-refractivity contribution in [3.05, 3.63) is 0 Å². The summed E-state index contributed by atoms with van der Waals surface area (Å²) in [6.45, 7) is 4.00. The lowest BCUT2D eigenvalue weighted by Crippen LogP contribution is -1.84. The van der Waals surface area contributed by atoms with Crippen LogP contribution in [0, 0.1) is 0 Å². The topological polar surface area (TPSA) is 124 Å². The summed E-state index contributed by atoms with van der Waals surface area (Å²) in [6.07, 6.45) is 0. The molecule has 0 aromatic heterocycles. The maximum Gasteiger partial charge on any atom is 0.478 e. The van der Waals surface area contributed by atoms with Gasteiger partial charge in [0.2, 0.25) is 0 Å². The zero-order chi connectivity index (χ0) is 9.71. The largest absolute Gasteiger partial charge is 0.478 e. The first-order chi connectivity index (χ1) is 4.71. The van der Waals surface area contributed by atoms with Crippen molar-refractivity contribution in [2.75, 3.05) is 0 Å². The quantitative estimate of drug-likeness (QED) is 0.478. The van der Waals surface area contributed by atoms with E-state index in [1.807, 2.05) is 13.8 Å². The van der Waals surface area contributed by atoms with Crippen LogP contribution in [0.3, 0.4) is 0 Å². The summed E-state index contributed by atoms with van der Waals surface area (Å²) in [6, 6.07) is 0. The molecule has 0 aromatic carbocycles. The molecule has 9 heteroatoms. The monoisotopic (exact) mass is 208 g/mol. The van der Waals surface area contributed by atoms with Crippen LogP contribution in [-0.4, -0.2) is 19.6 Å². The van der Waals surface area contributed by atoms with Gasteiger partial charge in [-0.1, -0.05) is 13.8 Å². The first kappa shape index (κ1) is 13.8. The van der Waals surface area contributed by atoms with Crippen molar-refractivity contribution >= 4 is 15.6 Å². The van der Waals surface area contributed by atoms with E-state index >= 15 is 0 Å². The van der Waals surface area contributed by atoms with Crippen LogP contribution in [0.5, 0.6) is 0 Å². The third-order valence-corrected chi connectivity index (χ3v) is 1.91. The molecule has 0 bridgehead atoms. The molecule has 0 heterocycles. The fraction of sp³-hybridized carbons (Fsp3) is 1.00. The number of phosphoric acid groups is 2. The number of rotatable bonds is 2. The molecule has 0 saturated carbocycles. The normalized spacial score (nSPS) is 11.8. The molecule has 70 valence electrons. The zero-order valence-corrected chi connectivity index (χ0v) is 7.70. The van der Waals surface area contributed by atoms with Gasteiger partial charge in [0, 0.05) is 0 Å². The highest BCUT2D eigenvalue weighted by atomic mass is 31.3. The Morgan fingerprint density at radius 1 is 0.909 bits per heavy atom. The van der Waals surface area contributed by atoms with E-state index in [0.717, 1.165) is 0 Å². The Bertz CT molecular complexity index is 155. The molecule has 0 saturated heterocycles. The third-order valence-electron chi connectivity index (χ3n) is 0.213. The lowest BCUT2D eigenvalue weighted by molar-refractivity contribution is 0.225. The minimum absolute atomic E-state index is 2.00. The van der Waals surface area contributed by atoms with Crippen molar-refractivity contribution in [3.8, 4) is 0 Å². The lowest BCUT2D eigenvalue weighted by atomic mass is 11.0. The Labute approximate surface area is 63.5 Å². The zero-order valence-electron chi connectivity index (χ0n) is 5.91. The molecule has 0 unspecified atom stereocenters. The van der Waals surface area contributed by atoms with Crippen LogP contribution in [0.15, 0.2) is 0 Å². The second-order valence-corrected chi connectivity index (χ2v) is 3.68. The van der Waals surface area contributed by atoms with Crippen molar-refractivity contribution in [3.63, 3.8) is 0 Å². The summed E-state index contributed by atoms with van der Waals surface area (Å²) in [5.41, 5.74) is 0. The van der Waals surface area contributed by atoms with Crippen molar-refractivity contribution in [2.24, 2.45) is 0 Å². The van der Waals surface area contributed by atoms with Crippen LogP contribution < -0.4 is 0 Å². The molecule has 0 spiro atoms. The molecule has 0 fully saturated rings. The molecule has 0 rings (SSSR count). The van der Waals surface area contributed by atoms with Gasteiger partial charge in [-0.2, -0.15) is 4.31 Å². The molecule has 0 aliphatic carbocycles. The van der Waals surface area contributed by atoms with Crippen LogP contribution >= 0.6 is 15.6 Å². The van der Waals surface area contributed by atoms with Crippen LogP contribution in [0.4, 0.5) is 0 Å². The molecule has 0 radical (unpaired) electrons. The molecule has 7 nitrogen and oxygen atoms in total. The van der Waals surface area contributed by atoms with Crippen LogP contribution in [0.1, 0.15) is 13.8 Å². The van der Waals surface area contributed by atoms with Gasteiger partial charge >= 0.3 is 15.6 Å². The standard InChI is InChI=1S/C2H6.H4O7P2/c1-2;1-8(2,3)7-9(4,5)6/h1-2H3;(H2,1,2,3)(H2,4,5,6). The molecule has 0 atom stereocenters. The summed E-state index contributed by atoms with van der Waals surface area (Å²) >= 11 is 0. The molecule has 0 aliphatic heterocycles. The van der Waals surface area contributed by atoms with Gasteiger partial charge in [0.25, 0.3) is 0 Å². The van der Waals surface area contributed by atoms with Gasteiger partial charge in [0.1, 0.15) is 0 Å². The van der Waals surface area contributed by atoms with Gasteiger partial charge in [-0.25, -0.2) is 9.13 Å². The van der Waals surface area contributed by atoms with Crippen molar-refractivity contribution < 1.29 is 33.0 Å². The SMILES string of the molecule is CC.O=P(O)(O)OP(=O)(O)O. The van der Waals surface area contributed by atoms with E-state index in [-0.39, 0.29) is 0 Å². The minimum Gasteiger partial charge on any atom is -0.302 e. The van der Waals surface area contributed by atoms with Gasteiger partial charge in [0.05, 0.1) is 0 Å². The van der Waals surface area contributed by atoms with Gasteiger partial charge in [-0.05, 0) is 0 Å². The predicted molar refractivity (Wildman–Crippen MR) is 36.5 cm³/mol. The molecular formula is C2H10O7P2. The summed E-state index contributed by atoms with van der Waals surface area (Å²) in [5, 5.41) is 0. The second kappa shape index (κ2) is 5.00. The van der Waals surface area contributed by atoms with Crippen molar-refractivity contribution in [2.45, 2.75) is 13.8 Å². The summed E-state index contributed by atoms with van der Waals surface area (Å²) < 4.78 is 22.2. The van der Waals surface area contributed by atoms with Crippen LogP contribution in [0.25, 0.3) is 0 Å². The highest BCUT2D eigenvalue weighted by Gasteiger charge is 2.27. The average Bonchev–Trinajstić information content (AvgIpc) is 1.60. The van der Waals surface area contributed by atoms with E-state index in [1.54, 1.807) is 0 Å². The highest BCUT2D eigenvalue weighted by Crippen LogP contribution is 2.53. The molecule has 0 amide bonds. The Balaban J connectivity index is 0. The summed E-state index contributed by atoms with van der Waals surface area (Å²) in [5.74, 6) is 0. The Hall–Kier alpha value is 0.260. The van der Waals surface area contributed by atoms with E-state index < -0.39 is 15.6 Å². The molecule has 4 N–H and O–H groups in total. The minimum atomic E-state index is -5.05. The Kier molecular flexibility index (Phi) is 6.29. The fourth-order valence-corrected chi connectivity index (χ4v) is 1.25. The van der Waals surface area contributed by atoms with E-state index in [9.17, 15) is 9.13 Å². The number of hydrogen-bond acceptors (Lipinski definition) is 3. The molecule has 11 heavy (non-hydrogen) atoms. The van der Waals surface area contributed by atoms with Crippen molar-refractivity contribution in [1.29, 1.82) is 0 Å². The Morgan fingerprint density at radius 2 is 1.09 bits per heavy atom. The smallest absolute Gasteiger partial charge is 0.302 e. The van der Waals surface area contributed by atoms with Gasteiger partial charge in [-0.15, -0.1) is 0 Å². The summed E-state index contributed by atoms with van der Waals surface area (Å²) in [7, 11) is -10.1. The van der Waals surface area contributed by atoms with E-state index in [2.05, 4.69) is 4.31 Å². The first-order valence-electron chi connectivity index (χ1n) is 2.53. The maximum atomic E-state index is 9.63. The highest BCUT2D eigenvalue weighted by molar-refractivity contribution is 7.60. The van der Waals surface area contributed by atoms with Crippen LogP contribution in [-0.2, 0) is 13.4 Å². The lowest BCUT2D eigenvalue weighted by Gasteiger charge is -2.03. The van der Waals surface area contributed by atoms with Crippen LogP contribution in [0.2, 0.25) is 0 Å². The summed E-state index contributed by atoms with van der Waals surface area (Å²) in [4.78, 5) is 31.0. The molecular weight excluding hydrogens is 198 g/mol. The predicted octanol–water partition coefficient (Wildman–Crippen LogP) is 0.215. The molecule has 0 aliphatic rings. The van der Waals surface area contributed by atoms with Gasteiger partial charge in [0.15, 0.2) is 0 Å². The molecule has 0 aromatic rings. The fourth-order valence-electron chi connectivity index (χ4n) is 0.139. The van der Waals surface area contributed by atoms with Gasteiger partial charge in [-0.3, -0.25) is 0 Å². The average molecular weight is 208 g/mol. The van der Waals surface area contributed by atoms with E-state index in [1.165, 1.54) is 0 Å². The second-order valence-electron chi connectivity index (χ2n) is 1.06.